The van der Waals surface area contributed by atoms with Crippen molar-refractivity contribution in [1.82, 2.24) is 9.88 Å². The summed E-state index contributed by atoms with van der Waals surface area (Å²) in [6.45, 7) is 7.69. The number of methoxy groups -OCH3 is 1. The van der Waals surface area contributed by atoms with E-state index in [2.05, 4.69) is 11.9 Å². The van der Waals surface area contributed by atoms with E-state index in [9.17, 15) is 14.4 Å². The predicted molar refractivity (Wildman–Crippen MR) is 96.1 cm³/mol. The van der Waals surface area contributed by atoms with Gasteiger partial charge in [0.15, 0.2) is 6.10 Å². The quantitative estimate of drug-likeness (QED) is 0.812. The molecule has 0 spiro atoms. The van der Waals surface area contributed by atoms with Crippen LogP contribution >= 0.6 is 0 Å². The van der Waals surface area contributed by atoms with Crippen LogP contribution in [0, 0.1) is 13.8 Å². The first-order chi connectivity index (χ1) is 12.3. The maximum atomic E-state index is 12.7. The number of aryl methyl sites for hydroxylation is 1. The molecular formula is C19H28N2O5. The zero-order chi connectivity index (χ0) is 19.4. The Morgan fingerprint density at radius 2 is 1.92 bits per heavy atom. The fourth-order valence-corrected chi connectivity index (χ4v) is 3.58. The summed E-state index contributed by atoms with van der Waals surface area (Å²) in [5, 5.41) is 0. The number of amides is 1. The van der Waals surface area contributed by atoms with Gasteiger partial charge in [-0.15, -0.1) is 0 Å². The topological polar surface area (TPSA) is 88.7 Å². The number of hydrogen-bond acceptors (Lipinski definition) is 5. The summed E-state index contributed by atoms with van der Waals surface area (Å²) in [4.78, 5) is 41.8. The minimum absolute atomic E-state index is 0.168. The van der Waals surface area contributed by atoms with Gasteiger partial charge in [0, 0.05) is 18.3 Å². The van der Waals surface area contributed by atoms with Gasteiger partial charge in [0.25, 0.3) is 5.91 Å². The monoisotopic (exact) mass is 364 g/mol. The van der Waals surface area contributed by atoms with Crippen LogP contribution in [-0.2, 0) is 14.3 Å². The number of ether oxygens (including phenoxy) is 2. The first-order valence-corrected chi connectivity index (χ1v) is 9.10. The van der Waals surface area contributed by atoms with Gasteiger partial charge in [-0.2, -0.15) is 0 Å². The number of hydrogen-bond donors (Lipinski definition) is 1. The number of rotatable bonds is 5. The summed E-state index contributed by atoms with van der Waals surface area (Å²) in [5.74, 6) is -1.33. The number of nitrogens with one attached hydrogen (secondary N) is 1. The van der Waals surface area contributed by atoms with Gasteiger partial charge in [-0.05, 0) is 52.0 Å². The second-order valence-corrected chi connectivity index (χ2v) is 6.75. The molecule has 0 aliphatic carbocycles. The van der Waals surface area contributed by atoms with Crippen LogP contribution in [0.1, 0.15) is 71.6 Å². The first-order valence-electron chi connectivity index (χ1n) is 9.10. The van der Waals surface area contributed by atoms with Crippen LogP contribution < -0.4 is 0 Å². The lowest BCUT2D eigenvalue weighted by Gasteiger charge is -2.36. The molecule has 144 valence electrons. The second-order valence-electron chi connectivity index (χ2n) is 6.75. The normalized spacial score (nSPS) is 18.3. The molecule has 0 aromatic carbocycles. The van der Waals surface area contributed by atoms with E-state index in [-0.39, 0.29) is 17.6 Å². The number of H-pyrrole nitrogens is 1. The number of piperidine rings is 1. The number of carbonyl (C=O) groups is 3. The van der Waals surface area contributed by atoms with Gasteiger partial charge >= 0.3 is 11.9 Å². The van der Waals surface area contributed by atoms with E-state index >= 15 is 0 Å². The lowest BCUT2D eigenvalue weighted by Crippen LogP contribution is -2.48. The highest BCUT2D eigenvalue weighted by atomic mass is 16.5. The fourth-order valence-electron chi connectivity index (χ4n) is 3.58. The van der Waals surface area contributed by atoms with Gasteiger partial charge in [-0.1, -0.05) is 6.92 Å². The van der Waals surface area contributed by atoms with Gasteiger partial charge in [0.2, 0.25) is 0 Å². The third-order valence-corrected chi connectivity index (χ3v) is 5.04. The molecule has 7 nitrogen and oxygen atoms in total. The number of carbonyl (C=O) groups excluding carboxylic acids is 3. The summed E-state index contributed by atoms with van der Waals surface area (Å²) in [7, 11) is 1.29. The van der Waals surface area contributed by atoms with Crippen LogP contribution in [0.15, 0.2) is 0 Å². The molecule has 1 aromatic rings. The van der Waals surface area contributed by atoms with Crippen molar-refractivity contribution in [2.75, 3.05) is 13.7 Å². The molecule has 1 fully saturated rings. The average Bonchev–Trinajstić information content (AvgIpc) is 2.94. The van der Waals surface area contributed by atoms with Crippen LogP contribution in [-0.4, -0.2) is 53.5 Å². The molecule has 7 heteroatoms. The number of esters is 2. The van der Waals surface area contributed by atoms with Crippen molar-refractivity contribution in [1.29, 1.82) is 0 Å². The highest BCUT2D eigenvalue weighted by molar-refractivity contribution is 5.99. The summed E-state index contributed by atoms with van der Waals surface area (Å²) in [6, 6.07) is 0.206. The van der Waals surface area contributed by atoms with Crippen LogP contribution in [0.25, 0.3) is 0 Å². The van der Waals surface area contributed by atoms with Gasteiger partial charge in [0.1, 0.15) is 5.69 Å². The largest absolute Gasteiger partial charge is 0.465 e. The maximum absolute atomic E-state index is 12.7. The summed E-state index contributed by atoms with van der Waals surface area (Å²) >= 11 is 0. The molecule has 26 heavy (non-hydrogen) atoms. The van der Waals surface area contributed by atoms with E-state index in [4.69, 9.17) is 9.47 Å². The molecule has 2 atom stereocenters. The molecule has 1 aliphatic rings. The Morgan fingerprint density at radius 1 is 1.23 bits per heavy atom. The van der Waals surface area contributed by atoms with Crippen molar-refractivity contribution in [2.24, 2.45) is 0 Å². The van der Waals surface area contributed by atoms with Crippen molar-refractivity contribution in [2.45, 2.75) is 65.5 Å². The average molecular weight is 364 g/mol. The molecule has 0 saturated carbocycles. The zero-order valence-corrected chi connectivity index (χ0v) is 16.2. The second kappa shape index (κ2) is 8.38. The lowest BCUT2D eigenvalue weighted by molar-refractivity contribution is -0.143. The number of nitrogens with zero attached hydrogens (tertiary/aromatic N) is 1. The molecule has 1 amide bonds. The minimum Gasteiger partial charge on any atom is -0.465 e. The van der Waals surface area contributed by atoms with Crippen molar-refractivity contribution in [3.63, 3.8) is 0 Å². The van der Waals surface area contributed by atoms with E-state index in [1.54, 1.807) is 20.8 Å². The minimum atomic E-state index is -0.876. The van der Waals surface area contributed by atoms with Crippen molar-refractivity contribution in [3.8, 4) is 0 Å². The van der Waals surface area contributed by atoms with Crippen molar-refractivity contribution < 1.29 is 23.9 Å². The zero-order valence-electron chi connectivity index (χ0n) is 16.2. The number of aromatic nitrogens is 1. The molecule has 2 heterocycles. The molecular weight excluding hydrogens is 336 g/mol. The van der Waals surface area contributed by atoms with Crippen molar-refractivity contribution >= 4 is 17.8 Å². The molecule has 0 radical (unpaired) electrons. The van der Waals surface area contributed by atoms with Crippen molar-refractivity contribution in [3.05, 3.63) is 22.5 Å². The maximum Gasteiger partial charge on any atom is 0.355 e. The van der Waals surface area contributed by atoms with Gasteiger partial charge < -0.3 is 19.4 Å². The van der Waals surface area contributed by atoms with Crippen LogP contribution in [0.4, 0.5) is 0 Å². The number of likely N-dealkylation sites (tertiary alicyclic amines) is 1. The lowest BCUT2D eigenvalue weighted by atomic mass is 9.99. The third kappa shape index (κ3) is 3.92. The number of aromatic amines is 1. The predicted octanol–water partition coefficient (Wildman–Crippen LogP) is 2.75. The Kier molecular flexibility index (Phi) is 6.45. The molecule has 1 saturated heterocycles. The summed E-state index contributed by atoms with van der Waals surface area (Å²) in [6.07, 6.45) is 3.09. The fraction of sp³-hybridized carbons (Fsp3) is 0.632. The van der Waals surface area contributed by atoms with E-state index in [1.807, 2.05) is 4.90 Å². The standard InChI is InChI=1S/C19H28N2O5/c1-6-14-9-7-8-10-21(14)17(22)13(4)26-19(24)16-11(2)15(12(3)20-16)18(23)25-5/h13-14,20H,6-10H2,1-5H3. The third-order valence-electron chi connectivity index (χ3n) is 5.04. The highest BCUT2D eigenvalue weighted by Crippen LogP contribution is 2.23. The molecule has 1 aliphatic heterocycles. The van der Waals surface area contributed by atoms with E-state index in [0.717, 1.165) is 25.7 Å². The molecule has 2 unspecified atom stereocenters. The summed E-state index contributed by atoms with van der Waals surface area (Å²) in [5.41, 5.74) is 1.49. The Balaban J connectivity index is 2.12. The Morgan fingerprint density at radius 3 is 2.54 bits per heavy atom. The van der Waals surface area contributed by atoms with E-state index in [1.165, 1.54) is 7.11 Å². The molecule has 1 aromatic heterocycles. The van der Waals surface area contributed by atoms with Crippen LogP contribution in [0.2, 0.25) is 0 Å². The van der Waals surface area contributed by atoms with Gasteiger partial charge in [0.05, 0.1) is 12.7 Å². The first kappa shape index (κ1) is 20.0. The molecule has 0 bridgehead atoms. The Bertz CT molecular complexity index is 694. The molecule has 1 N–H and O–H groups in total. The highest BCUT2D eigenvalue weighted by Gasteiger charge is 2.32. The van der Waals surface area contributed by atoms with Gasteiger partial charge in [-0.3, -0.25) is 4.79 Å². The van der Waals surface area contributed by atoms with Crippen LogP contribution in [0.3, 0.4) is 0 Å². The SMILES string of the molecule is CCC1CCCCN1C(=O)C(C)OC(=O)c1[nH]c(C)c(C(=O)OC)c1C. The Hall–Kier alpha value is -2.31. The smallest absolute Gasteiger partial charge is 0.355 e. The Labute approximate surface area is 154 Å². The van der Waals surface area contributed by atoms with E-state index in [0.29, 0.717) is 23.4 Å². The molecule has 2 rings (SSSR count). The van der Waals surface area contributed by atoms with Crippen LogP contribution in [0.5, 0.6) is 0 Å². The van der Waals surface area contributed by atoms with E-state index < -0.39 is 18.0 Å². The van der Waals surface area contributed by atoms with Gasteiger partial charge in [-0.25, -0.2) is 9.59 Å². The summed E-state index contributed by atoms with van der Waals surface area (Å²) < 4.78 is 10.1.